The van der Waals surface area contributed by atoms with Crippen molar-refractivity contribution in [2.45, 2.75) is 46.5 Å². The molecule has 11 heavy (non-hydrogen) atoms. The normalized spacial score (nSPS) is 27.2. The molecule has 64 valence electrons. The third kappa shape index (κ3) is 2.05. The molecule has 1 saturated carbocycles. The third-order valence-electron chi connectivity index (χ3n) is 2.60. The highest BCUT2D eigenvalue weighted by atomic mass is 16.1. The number of hydrogen-bond donors (Lipinski definition) is 0. The molecule has 0 aromatic carbocycles. The van der Waals surface area contributed by atoms with Gasteiger partial charge in [0.15, 0.2) is 0 Å². The van der Waals surface area contributed by atoms with Crippen LogP contribution in [0, 0.1) is 11.3 Å². The van der Waals surface area contributed by atoms with Crippen LogP contribution < -0.4 is 0 Å². The molecule has 0 unspecified atom stereocenters. The average molecular weight is 154 g/mol. The molecular formula is C10H18O. The van der Waals surface area contributed by atoms with Crippen LogP contribution in [0.3, 0.4) is 0 Å². The van der Waals surface area contributed by atoms with E-state index in [4.69, 9.17) is 0 Å². The summed E-state index contributed by atoms with van der Waals surface area (Å²) in [5.74, 6) is 0.819. The third-order valence-corrected chi connectivity index (χ3v) is 2.60. The van der Waals surface area contributed by atoms with Crippen molar-refractivity contribution in [1.82, 2.24) is 0 Å². The van der Waals surface area contributed by atoms with E-state index in [9.17, 15) is 4.79 Å². The Balaban J connectivity index is 2.62. The van der Waals surface area contributed by atoms with Gasteiger partial charge < -0.3 is 0 Å². The Morgan fingerprint density at radius 1 is 1.27 bits per heavy atom. The largest absolute Gasteiger partial charge is 0.299 e. The summed E-state index contributed by atoms with van der Waals surface area (Å²) in [6.45, 7) is 6.50. The van der Waals surface area contributed by atoms with E-state index >= 15 is 0 Å². The summed E-state index contributed by atoms with van der Waals surface area (Å²) in [5, 5.41) is 0. The summed E-state index contributed by atoms with van der Waals surface area (Å²) < 4.78 is 0. The maximum atomic E-state index is 11.4. The SMILES string of the molecule is CC(C)(C)[C@@H]1CCCCC1=O. The molecule has 1 atom stereocenters. The van der Waals surface area contributed by atoms with Crippen molar-refractivity contribution in [3.63, 3.8) is 0 Å². The predicted molar refractivity (Wildman–Crippen MR) is 46.4 cm³/mol. The van der Waals surface area contributed by atoms with Gasteiger partial charge in [-0.3, -0.25) is 4.79 Å². The first-order valence-electron chi connectivity index (χ1n) is 4.54. The van der Waals surface area contributed by atoms with E-state index in [1.54, 1.807) is 0 Å². The van der Waals surface area contributed by atoms with Crippen LogP contribution in [0.15, 0.2) is 0 Å². The molecule has 0 spiro atoms. The van der Waals surface area contributed by atoms with Crippen LogP contribution in [0.4, 0.5) is 0 Å². The van der Waals surface area contributed by atoms with E-state index in [1.165, 1.54) is 6.42 Å². The molecule has 0 aromatic heterocycles. The maximum absolute atomic E-state index is 11.4. The van der Waals surface area contributed by atoms with Crippen molar-refractivity contribution in [3.05, 3.63) is 0 Å². The smallest absolute Gasteiger partial charge is 0.136 e. The zero-order chi connectivity index (χ0) is 8.48. The van der Waals surface area contributed by atoms with E-state index in [-0.39, 0.29) is 5.41 Å². The lowest BCUT2D eigenvalue weighted by Crippen LogP contribution is -2.30. The Morgan fingerprint density at radius 3 is 2.27 bits per heavy atom. The Labute approximate surface area is 69.2 Å². The van der Waals surface area contributed by atoms with Gasteiger partial charge in [-0.25, -0.2) is 0 Å². The van der Waals surface area contributed by atoms with Gasteiger partial charge in [0.05, 0.1) is 0 Å². The second-order valence-corrected chi connectivity index (χ2v) is 4.63. The van der Waals surface area contributed by atoms with Crippen LogP contribution in [0.1, 0.15) is 46.5 Å². The molecule has 0 aliphatic heterocycles. The molecule has 0 aromatic rings. The van der Waals surface area contributed by atoms with Gasteiger partial charge in [0.2, 0.25) is 0 Å². The number of carbonyl (C=O) groups excluding carboxylic acids is 1. The molecule has 0 radical (unpaired) electrons. The lowest BCUT2D eigenvalue weighted by molar-refractivity contribution is -0.128. The molecule has 0 heterocycles. The van der Waals surface area contributed by atoms with Gasteiger partial charge in [0.1, 0.15) is 5.78 Å². The topological polar surface area (TPSA) is 17.1 Å². The first-order valence-corrected chi connectivity index (χ1v) is 4.54. The van der Waals surface area contributed by atoms with Crippen molar-refractivity contribution < 1.29 is 4.79 Å². The summed E-state index contributed by atoms with van der Waals surface area (Å²) in [6.07, 6.45) is 4.30. The van der Waals surface area contributed by atoms with E-state index in [2.05, 4.69) is 20.8 Å². The monoisotopic (exact) mass is 154 g/mol. The van der Waals surface area contributed by atoms with Gasteiger partial charge in [0.25, 0.3) is 0 Å². The first kappa shape index (κ1) is 8.76. The van der Waals surface area contributed by atoms with Crippen LogP contribution in [-0.2, 0) is 4.79 Å². The zero-order valence-electron chi connectivity index (χ0n) is 7.81. The number of hydrogen-bond acceptors (Lipinski definition) is 1. The van der Waals surface area contributed by atoms with Crippen LogP contribution in [0.5, 0.6) is 0 Å². The van der Waals surface area contributed by atoms with E-state index < -0.39 is 0 Å². The van der Waals surface area contributed by atoms with Crippen LogP contribution in [0.25, 0.3) is 0 Å². The van der Waals surface area contributed by atoms with Crippen molar-refractivity contribution in [3.8, 4) is 0 Å². The highest BCUT2D eigenvalue weighted by Crippen LogP contribution is 2.35. The number of ketones is 1. The van der Waals surface area contributed by atoms with Gasteiger partial charge in [-0.2, -0.15) is 0 Å². The van der Waals surface area contributed by atoms with E-state index in [1.807, 2.05) is 0 Å². The second-order valence-electron chi connectivity index (χ2n) is 4.63. The molecule has 1 fully saturated rings. The number of carbonyl (C=O) groups is 1. The highest BCUT2D eigenvalue weighted by molar-refractivity contribution is 5.82. The minimum Gasteiger partial charge on any atom is -0.299 e. The molecule has 0 N–H and O–H groups in total. The molecule has 1 aliphatic carbocycles. The van der Waals surface area contributed by atoms with Crippen molar-refractivity contribution >= 4 is 5.78 Å². The van der Waals surface area contributed by atoms with Crippen molar-refractivity contribution in [2.24, 2.45) is 11.3 Å². The van der Waals surface area contributed by atoms with Gasteiger partial charge in [-0.05, 0) is 18.3 Å². The Morgan fingerprint density at radius 2 is 1.91 bits per heavy atom. The predicted octanol–water partition coefficient (Wildman–Crippen LogP) is 2.79. The summed E-state index contributed by atoms with van der Waals surface area (Å²) in [4.78, 5) is 11.4. The van der Waals surface area contributed by atoms with Crippen LogP contribution >= 0.6 is 0 Å². The van der Waals surface area contributed by atoms with Crippen molar-refractivity contribution in [1.29, 1.82) is 0 Å². The quantitative estimate of drug-likeness (QED) is 0.524. The van der Waals surface area contributed by atoms with Gasteiger partial charge in [-0.1, -0.05) is 27.2 Å². The van der Waals surface area contributed by atoms with E-state index in [0.717, 1.165) is 19.3 Å². The van der Waals surface area contributed by atoms with Crippen LogP contribution in [-0.4, -0.2) is 5.78 Å². The Bertz CT molecular complexity index is 153. The molecule has 0 saturated heterocycles. The number of rotatable bonds is 0. The highest BCUT2D eigenvalue weighted by Gasteiger charge is 2.32. The molecule has 1 rings (SSSR count). The zero-order valence-corrected chi connectivity index (χ0v) is 7.81. The average Bonchev–Trinajstić information content (AvgIpc) is 1.86. The summed E-state index contributed by atoms with van der Waals surface area (Å²) in [7, 11) is 0. The van der Waals surface area contributed by atoms with Gasteiger partial charge in [0, 0.05) is 12.3 Å². The lowest BCUT2D eigenvalue weighted by atomic mass is 9.72. The van der Waals surface area contributed by atoms with Gasteiger partial charge in [-0.15, -0.1) is 0 Å². The summed E-state index contributed by atoms with van der Waals surface area (Å²) in [5.41, 5.74) is 0.192. The molecule has 1 nitrogen and oxygen atoms in total. The fourth-order valence-electron chi connectivity index (χ4n) is 1.90. The Kier molecular flexibility index (Phi) is 2.36. The minimum atomic E-state index is 0.192. The van der Waals surface area contributed by atoms with Crippen LogP contribution in [0.2, 0.25) is 0 Å². The number of Topliss-reactive ketones (excluding diaryl/α,β-unsaturated/α-hetero) is 1. The standard InChI is InChI=1S/C10H18O/c1-10(2,3)8-6-4-5-7-9(8)11/h8H,4-7H2,1-3H3/t8-/m1/s1. The Hall–Kier alpha value is -0.330. The first-order chi connectivity index (χ1) is 5.02. The molecule has 0 amide bonds. The maximum Gasteiger partial charge on any atom is 0.136 e. The summed E-state index contributed by atoms with van der Waals surface area (Å²) >= 11 is 0. The fourth-order valence-corrected chi connectivity index (χ4v) is 1.90. The van der Waals surface area contributed by atoms with E-state index in [0.29, 0.717) is 11.7 Å². The second kappa shape index (κ2) is 2.96. The molecule has 1 heteroatoms. The minimum absolute atomic E-state index is 0.192. The van der Waals surface area contributed by atoms with Crippen molar-refractivity contribution in [2.75, 3.05) is 0 Å². The lowest BCUT2D eigenvalue weighted by Gasteiger charge is -2.32. The fraction of sp³-hybridized carbons (Fsp3) is 0.900. The summed E-state index contributed by atoms with van der Waals surface area (Å²) in [6, 6.07) is 0. The molecule has 1 aliphatic rings. The molecular weight excluding hydrogens is 136 g/mol. The van der Waals surface area contributed by atoms with Gasteiger partial charge >= 0.3 is 0 Å². The molecule has 0 bridgehead atoms.